The summed E-state index contributed by atoms with van der Waals surface area (Å²) in [6.07, 6.45) is 2.64. The highest BCUT2D eigenvalue weighted by Gasteiger charge is 2.24. The first-order valence-corrected chi connectivity index (χ1v) is 7.02. The molecule has 0 saturated heterocycles. The Morgan fingerprint density at radius 1 is 1.33 bits per heavy atom. The molecular weight excluding hydrogens is 316 g/mol. The Labute approximate surface area is 119 Å². The predicted molar refractivity (Wildman–Crippen MR) is 74.5 cm³/mol. The van der Waals surface area contributed by atoms with E-state index in [1.54, 1.807) is 6.26 Å². The smallest absolute Gasteiger partial charge is 0.127 e. The van der Waals surface area contributed by atoms with Gasteiger partial charge in [-0.15, -0.1) is 11.6 Å². The lowest BCUT2D eigenvalue weighted by molar-refractivity contribution is 0.353. The molecule has 0 amide bonds. The summed E-state index contributed by atoms with van der Waals surface area (Å²) >= 11 is 10.1. The highest BCUT2D eigenvalue weighted by Crippen LogP contribution is 2.41. The highest BCUT2D eigenvalue weighted by atomic mass is 79.9. The van der Waals surface area contributed by atoms with E-state index >= 15 is 0 Å². The van der Waals surface area contributed by atoms with Crippen molar-refractivity contribution in [2.75, 3.05) is 6.61 Å². The SMILES string of the molecule is Cc1cc(C(Cl)c2cc(Br)cc3c2OCC3)co1. The van der Waals surface area contributed by atoms with E-state index in [1.807, 2.05) is 19.1 Å². The summed E-state index contributed by atoms with van der Waals surface area (Å²) in [5.41, 5.74) is 3.18. The lowest BCUT2D eigenvalue weighted by atomic mass is 10.0. The Balaban J connectivity index is 2.06. The number of benzene rings is 1. The zero-order valence-electron chi connectivity index (χ0n) is 9.87. The van der Waals surface area contributed by atoms with Gasteiger partial charge in [0.2, 0.25) is 0 Å². The van der Waals surface area contributed by atoms with Gasteiger partial charge in [-0.2, -0.15) is 0 Å². The Hall–Kier alpha value is -0.930. The van der Waals surface area contributed by atoms with Gasteiger partial charge in [0, 0.05) is 22.0 Å². The summed E-state index contributed by atoms with van der Waals surface area (Å²) < 4.78 is 12.1. The van der Waals surface area contributed by atoms with Crippen LogP contribution in [0.2, 0.25) is 0 Å². The standard InChI is InChI=1S/C14H12BrClO2/c1-8-4-10(7-18-8)13(16)12-6-11(15)5-9-2-3-17-14(9)12/h4-7,13H,2-3H2,1H3. The van der Waals surface area contributed by atoms with E-state index in [-0.39, 0.29) is 5.38 Å². The van der Waals surface area contributed by atoms with Crippen LogP contribution >= 0.6 is 27.5 Å². The summed E-state index contributed by atoms with van der Waals surface area (Å²) in [6.45, 7) is 2.64. The molecule has 3 rings (SSSR count). The fourth-order valence-electron chi connectivity index (χ4n) is 2.26. The number of aryl methyl sites for hydroxylation is 1. The van der Waals surface area contributed by atoms with Gasteiger partial charge < -0.3 is 9.15 Å². The zero-order chi connectivity index (χ0) is 12.7. The number of furan rings is 1. The van der Waals surface area contributed by atoms with Crippen LogP contribution in [0.15, 0.2) is 33.4 Å². The Bertz CT molecular complexity index is 591. The third-order valence-electron chi connectivity index (χ3n) is 3.09. The minimum Gasteiger partial charge on any atom is -0.493 e. The normalized spacial score (nSPS) is 15.3. The molecule has 1 aromatic heterocycles. The van der Waals surface area contributed by atoms with Crippen molar-refractivity contribution in [2.24, 2.45) is 0 Å². The molecule has 0 saturated carbocycles. The molecule has 0 spiro atoms. The van der Waals surface area contributed by atoms with Crippen molar-refractivity contribution in [2.45, 2.75) is 18.7 Å². The van der Waals surface area contributed by atoms with Crippen molar-refractivity contribution < 1.29 is 9.15 Å². The van der Waals surface area contributed by atoms with Crippen molar-refractivity contribution in [3.8, 4) is 5.75 Å². The third-order valence-corrected chi connectivity index (χ3v) is 4.04. The van der Waals surface area contributed by atoms with Crippen LogP contribution in [-0.2, 0) is 6.42 Å². The van der Waals surface area contributed by atoms with Gasteiger partial charge in [-0.05, 0) is 30.7 Å². The predicted octanol–water partition coefficient (Wildman–Crippen LogP) is 4.61. The molecule has 0 bridgehead atoms. The van der Waals surface area contributed by atoms with Gasteiger partial charge in [0.15, 0.2) is 0 Å². The summed E-state index contributed by atoms with van der Waals surface area (Å²) in [5.74, 6) is 1.79. The number of halogens is 2. The molecular formula is C14H12BrClO2. The van der Waals surface area contributed by atoms with Gasteiger partial charge in [0.05, 0.1) is 18.2 Å². The Morgan fingerprint density at radius 3 is 2.89 bits per heavy atom. The van der Waals surface area contributed by atoms with E-state index in [1.165, 1.54) is 5.56 Å². The molecule has 0 aliphatic carbocycles. The minimum absolute atomic E-state index is 0.244. The van der Waals surface area contributed by atoms with Gasteiger partial charge in [-0.1, -0.05) is 15.9 Å². The van der Waals surface area contributed by atoms with Crippen LogP contribution in [0.3, 0.4) is 0 Å². The number of hydrogen-bond donors (Lipinski definition) is 0. The maximum atomic E-state index is 6.54. The second-order valence-electron chi connectivity index (χ2n) is 4.43. The summed E-state index contributed by atoms with van der Waals surface area (Å²) in [6, 6.07) is 6.07. The van der Waals surface area contributed by atoms with Crippen LogP contribution in [0, 0.1) is 6.92 Å². The average molecular weight is 328 g/mol. The van der Waals surface area contributed by atoms with E-state index < -0.39 is 0 Å². The molecule has 2 heterocycles. The fraction of sp³-hybridized carbons (Fsp3) is 0.286. The maximum Gasteiger partial charge on any atom is 0.127 e. The molecule has 0 N–H and O–H groups in total. The van der Waals surface area contributed by atoms with Crippen molar-refractivity contribution >= 4 is 27.5 Å². The van der Waals surface area contributed by atoms with Gasteiger partial charge >= 0.3 is 0 Å². The van der Waals surface area contributed by atoms with Crippen LogP contribution in [0.25, 0.3) is 0 Å². The van der Waals surface area contributed by atoms with Crippen molar-refractivity contribution in [1.82, 2.24) is 0 Å². The van der Waals surface area contributed by atoms with E-state index in [2.05, 4.69) is 22.0 Å². The van der Waals surface area contributed by atoms with E-state index in [9.17, 15) is 0 Å². The third kappa shape index (κ3) is 2.06. The first kappa shape index (κ1) is 12.1. The van der Waals surface area contributed by atoms with Gasteiger partial charge in [-0.3, -0.25) is 0 Å². The number of hydrogen-bond acceptors (Lipinski definition) is 2. The molecule has 94 valence electrons. The first-order chi connectivity index (χ1) is 8.65. The highest BCUT2D eigenvalue weighted by molar-refractivity contribution is 9.10. The zero-order valence-corrected chi connectivity index (χ0v) is 12.2. The Morgan fingerprint density at radius 2 is 2.17 bits per heavy atom. The molecule has 18 heavy (non-hydrogen) atoms. The summed E-state index contributed by atoms with van der Waals surface area (Å²) in [7, 11) is 0. The monoisotopic (exact) mass is 326 g/mol. The molecule has 1 aliphatic rings. The molecule has 1 unspecified atom stereocenters. The molecule has 1 atom stereocenters. The molecule has 4 heteroatoms. The first-order valence-electron chi connectivity index (χ1n) is 5.79. The lowest BCUT2D eigenvalue weighted by Crippen LogP contribution is -1.96. The number of fused-ring (bicyclic) bond motifs is 1. The summed E-state index contributed by atoms with van der Waals surface area (Å²) in [4.78, 5) is 0. The fourth-order valence-corrected chi connectivity index (χ4v) is 3.06. The Kier molecular flexibility index (Phi) is 3.12. The number of ether oxygens (including phenoxy) is 1. The second-order valence-corrected chi connectivity index (χ2v) is 5.79. The van der Waals surface area contributed by atoms with Crippen molar-refractivity contribution in [3.63, 3.8) is 0 Å². The second kappa shape index (κ2) is 4.63. The van der Waals surface area contributed by atoms with E-state index in [0.717, 1.165) is 40.1 Å². The van der Waals surface area contributed by atoms with Crippen LogP contribution in [0.5, 0.6) is 5.75 Å². The summed E-state index contributed by atoms with van der Waals surface area (Å²) in [5, 5.41) is -0.244. The van der Waals surface area contributed by atoms with Crippen LogP contribution in [0.4, 0.5) is 0 Å². The van der Waals surface area contributed by atoms with Gasteiger partial charge in [0.25, 0.3) is 0 Å². The number of rotatable bonds is 2. The van der Waals surface area contributed by atoms with Crippen LogP contribution < -0.4 is 4.74 Å². The molecule has 1 aliphatic heterocycles. The number of alkyl halides is 1. The van der Waals surface area contributed by atoms with Gasteiger partial charge in [-0.25, -0.2) is 0 Å². The quantitative estimate of drug-likeness (QED) is 0.751. The van der Waals surface area contributed by atoms with Crippen LogP contribution in [-0.4, -0.2) is 6.61 Å². The lowest BCUT2D eigenvalue weighted by Gasteiger charge is -2.13. The van der Waals surface area contributed by atoms with Crippen molar-refractivity contribution in [3.05, 3.63) is 51.4 Å². The molecule has 0 fully saturated rings. The van der Waals surface area contributed by atoms with E-state index in [0.29, 0.717) is 0 Å². The van der Waals surface area contributed by atoms with Gasteiger partial charge in [0.1, 0.15) is 11.5 Å². The molecule has 2 aromatic rings. The van der Waals surface area contributed by atoms with Crippen LogP contribution in [0.1, 0.15) is 27.8 Å². The molecule has 1 aromatic carbocycles. The van der Waals surface area contributed by atoms with Crippen molar-refractivity contribution in [1.29, 1.82) is 0 Å². The minimum atomic E-state index is -0.244. The topological polar surface area (TPSA) is 22.4 Å². The average Bonchev–Trinajstić information content (AvgIpc) is 2.95. The maximum absolute atomic E-state index is 6.54. The largest absolute Gasteiger partial charge is 0.493 e. The molecule has 2 nitrogen and oxygen atoms in total. The van der Waals surface area contributed by atoms with E-state index in [4.69, 9.17) is 20.8 Å². The molecule has 0 radical (unpaired) electrons.